The maximum Gasteiger partial charge on any atom is 0.335 e. The number of hydrogen-bond donors (Lipinski definition) is 1. The van der Waals surface area contributed by atoms with E-state index in [0.717, 1.165) is 23.3 Å². The van der Waals surface area contributed by atoms with E-state index in [-0.39, 0.29) is 11.5 Å². The highest BCUT2D eigenvalue weighted by atomic mass is 16.5. The highest BCUT2D eigenvalue weighted by molar-refractivity contribution is 5.88. The SMILES string of the molecule is O=C(O)c1ccc2c(c1)CN(C(=O)CCCOc1ccccc1)CC2. The van der Waals surface area contributed by atoms with Crippen LogP contribution in [0, 0.1) is 0 Å². The lowest BCUT2D eigenvalue weighted by Gasteiger charge is -2.29. The van der Waals surface area contributed by atoms with Crippen LogP contribution in [0.3, 0.4) is 0 Å². The van der Waals surface area contributed by atoms with Gasteiger partial charge in [-0.3, -0.25) is 4.79 Å². The molecule has 0 bridgehead atoms. The summed E-state index contributed by atoms with van der Waals surface area (Å²) in [6.07, 6.45) is 1.86. The first-order valence-electron chi connectivity index (χ1n) is 8.44. The maximum atomic E-state index is 12.4. The van der Waals surface area contributed by atoms with E-state index in [4.69, 9.17) is 9.84 Å². The fourth-order valence-electron chi connectivity index (χ4n) is 2.99. The molecular formula is C20H21NO4. The van der Waals surface area contributed by atoms with E-state index in [2.05, 4.69) is 0 Å². The van der Waals surface area contributed by atoms with Crippen molar-refractivity contribution in [2.45, 2.75) is 25.8 Å². The number of amides is 1. The van der Waals surface area contributed by atoms with Crippen LogP contribution in [0.5, 0.6) is 5.75 Å². The molecule has 1 N–H and O–H groups in total. The number of para-hydroxylation sites is 1. The number of nitrogens with zero attached hydrogens (tertiary/aromatic N) is 1. The molecule has 1 amide bonds. The minimum absolute atomic E-state index is 0.0861. The Morgan fingerprint density at radius 1 is 1.08 bits per heavy atom. The Balaban J connectivity index is 1.50. The summed E-state index contributed by atoms with van der Waals surface area (Å²) in [5.41, 5.74) is 2.32. The molecule has 5 nitrogen and oxygen atoms in total. The average molecular weight is 339 g/mol. The van der Waals surface area contributed by atoms with Gasteiger partial charge in [0.25, 0.3) is 0 Å². The van der Waals surface area contributed by atoms with Crippen molar-refractivity contribution in [3.05, 3.63) is 65.2 Å². The lowest BCUT2D eigenvalue weighted by Crippen LogP contribution is -2.36. The van der Waals surface area contributed by atoms with Gasteiger partial charge in [0.15, 0.2) is 0 Å². The van der Waals surface area contributed by atoms with E-state index < -0.39 is 5.97 Å². The van der Waals surface area contributed by atoms with Gasteiger partial charge in [0.05, 0.1) is 12.2 Å². The first-order chi connectivity index (χ1) is 12.1. The first-order valence-corrected chi connectivity index (χ1v) is 8.44. The third-order valence-corrected chi connectivity index (χ3v) is 4.37. The summed E-state index contributed by atoms with van der Waals surface area (Å²) in [7, 11) is 0. The van der Waals surface area contributed by atoms with Crippen molar-refractivity contribution in [1.82, 2.24) is 4.90 Å². The molecule has 0 fully saturated rings. The molecule has 0 saturated heterocycles. The van der Waals surface area contributed by atoms with Gasteiger partial charge in [-0.25, -0.2) is 4.79 Å². The van der Waals surface area contributed by atoms with E-state index in [1.165, 1.54) is 0 Å². The molecule has 0 unspecified atom stereocenters. The van der Waals surface area contributed by atoms with Crippen LogP contribution < -0.4 is 4.74 Å². The Morgan fingerprint density at radius 2 is 1.88 bits per heavy atom. The second-order valence-electron chi connectivity index (χ2n) is 6.12. The van der Waals surface area contributed by atoms with Crippen molar-refractivity contribution in [3.63, 3.8) is 0 Å². The number of rotatable bonds is 6. The summed E-state index contributed by atoms with van der Waals surface area (Å²) in [4.78, 5) is 25.3. The number of carboxylic acid groups (broad SMARTS) is 1. The van der Waals surface area contributed by atoms with Crippen LogP contribution in [0.2, 0.25) is 0 Å². The molecule has 2 aromatic carbocycles. The van der Waals surface area contributed by atoms with Crippen molar-refractivity contribution in [2.24, 2.45) is 0 Å². The Labute approximate surface area is 146 Å². The summed E-state index contributed by atoms with van der Waals surface area (Å²) in [6.45, 7) is 1.66. The zero-order valence-electron chi connectivity index (χ0n) is 14.0. The minimum atomic E-state index is -0.940. The van der Waals surface area contributed by atoms with Gasteiger partial charge in [-0.15, -0.1) is 0 Å². The normalized spacial score (nSPS) is 13.2. The second kappa shape index (κ2) is 7.83. The smallest absolute Gasteiger partial charge is 0.335 e. The third kappa shape index (κ3) is 4.38. The van der Waals surface area contributed by atoms with Crippen LogP contribution in [0.1, 0.15) is 34.3 Å². The summed E-state index contributed by atoms with van der Waals surface area (Å²) in [5, 5.41) is 9.10. The van der Waals surface area contributed by atoms with Crippen LogP contribution >= 0.6 is 0 Å². The van der Waals surface area contributed by atoms with Gasteiger partial charge in [0.2, 0.25) is 5.91 Å². The molecule has 25 heavy (non-hydrogen) atoms. The Bertz CT molecular complexity index is 758. The molecule has 1 aliphatic heterocycles. The van der Waals surface area contributed by atoms with Gasteiger partial charge in [0, 0.05) is 19.5 Å². The fourth-order valence-corrected chi connectivity index (χ4v) is 2.99. The van der Waals surface area contributed by atoms with Gasteiger partial charge in [-0.2, -0.15) is 0 Å². The summed E-state index contributed by atoms with van der Waals surface area (Å²) < 4.78 is 5.61. The zero-order chi connectivity index (χ0) is 17.6. The molecule has 1 aliphatic rings. The molecule has 1 heterocycles. The largest absolute Gasteiger partial charge is 0.494 e. The quantitative estimate of drug-likeness (QED) is 0.821. The molecule has 0 atom stereocenters. The topological polar surface area (TPSA) is 66.8 Å². The van der Waals surface area contributed by atoms with Crippen molar-refractivity contribution < 1.29 is 19.4 Å². The molecule has 0 saturated carbocycles. The van der Waals surface area contributed by atoms with Crippen molar-refractivity contribution in [2.75, 3.05) is 13.2 Å². The predicted molar refractivity (Wildman–Crippen MR) is 93.7 cm³/mol. The Kier molecular flexibility index (Phi) is 5.33. The van der Waals surface area contributed by atoms with E-state index in [0.29, 0.717) is 32.5 Å². The minimum Gasteiger partial charge on any atom is -0.494 e. The van der Waals surface area contributed by atoms with Crippen molar-refractivity contribution >= 4 is 11.9 Å². The standard InChI is InChI=1S/C20H21NO4/c22-19(7-4-12-25-18-5-2-1-3-6-18)21-11-10-15-8-9-16(20(23)24)13-17(15)14-21/h1-3,5-6,8-9,13H,4,7,10-12,14H2,(H,23,24). The molecule has 0 aliphatic carbocycles. The van der Waals surface area contributed by atoms with Gasteiger partial charge >= 0.3 is 5.97 Å². The number of fused-ring (bicyclic) bond motifs is 1. The maximum absolute atomic E-state index is 12.4. The highest BCUT2D eigenvalue weighted by Crippen LogP contribution is 2.21. The number of carbonyl (C=O) groups is 2. The third-order valence-electron chi connectivity index (χ3n) is 4.37. The fraction of sp³-hybridized carbons (Fsp3) is 0.300. The van der Waals surface area contributed by atoms with Crippen LogP contribution in [0.25, 0.3) is 0 Å². The highest BCUT2D eigenvalue weighted by Gasteiger charge is 2.21. The molecular weight excluding hydrogens is 318 g/mol. The monoisotopic (exact) mass is 339 g/mol. The van der Waals surface area contributed by atoms with E-state index in [1.54, 1.807) is 17.0 Å². The van der Waals surface area contributed by atoms with Gasteiger partial charge in [-0.05, 0) is 48.2 Å². The number of hydrogen-bond acceptors (Lipinski definition) is 3. The van der Waals surface area contributed by atoms with Crippen LogP contribution in [0.15, 0.2) is 48.5 Å². The first kappa shape index (κ1) is 17.0. The molecule has 3 rings (SSSR count). The number of carbonyl (C=O) groups excluding carboxylic acids is 1. The lowest BCUT2D eigenvalue weighted by atomic mass is 9.97. The lowest BCUT2D eigenvalue weighted by molar-refractivity contribution is -0.132. The molecule has 0 radical (unpaired) electrons. The number of aromatic carboxylic acids is 1. The summed E-state index contributed by atoms with van der Waals surface area (Å²) in [6, 6.07) is 14.7. The van der Waals surface area contributed by atoms with Gasteiger partial charge in [0.1, 0.15) is 5.75 Å². The zero-order valence-corrected chi connectivity index (χ0v) is 14.0. The number of benzene rings is 2. The number of carboxylic acids is 1. The second-order valence-corrected chi connectivity index (χ2v) is 6.12. The van der Waals surface area contributed by atoms with E-state index in [1.807, 2.05) is 36.4 Å². The average Bonchev–Trinajstić information content (AvgIpc) is 2.65. The Morgan fingerprint density at radius 3 is 2.64 bits per heavy atom. The predicted octanol–water partition coefficient (Wildman–Crippen LogP) is 3.13. The Hall–Kier alpha value is -2.82. The number of ether oxygens (including phenoxy) is 1. The van der Waals surface area contributed by atoms with Gasteiger partial charge in [-0.1, -0.05) is 24.3 Å². The molecule has 0 spiro atoms. The van der Waals surface area contributed by atoms with E-state index in [9.17, 15) is 9.59 Å². The summed E-state index contributed by atoms with van der Waals surface area (Å²) in [5.74, 6) is -0.0459. The van der Waals surface area contributed by atoms with Crippen molar-refractivity contribution in [1.29, 1.82) is 0 Å². The summed E-state index contributed by atoms with van der Waals surface area (Å²) >= 11 is 0. The van der Waals surface area contributed by atoms with Crippen LogP contribution in [0.4, 0.5) is 0 Å². The van der Waals surface area contributed by atoms with Crippen LogP contribution in [-0.4, -0.2) is 35.0 Å². The molecule has 2 aromatic rings. The van der Waals surface area contributed by atoms with Gasteiger partial charge < -0.3 is 14.7 Å². The van der Waals surface area contributed by atoms with Crippen molar-refractivity contribution in [3.8, 4) is 5.75 Å². The van der Waals surface area contributed by atoms with Crippen LogP contribution in [-0.2, 0) is 17.8 Å². The molecule has 5 heteroatoms. The van der Waals surface area contributed by atoms with E-state index >= 15 is 0 Å². The molecule has 130 valence electrons. The molecule has 0 aromatic heterocycles.